The summed E-state index contributed by atoms with van der Waals surface area (Å²) in [7, 11) is 0. The van der Waals surface area contributed by atoms with E-state index in [0.29, 0.717) is 23.5 Å². The Bertz CT molecular complexity index is 1780. The Morgan fingerprint density at radius 2 is 1.84 bits per heavy atom. The zero-order chi connectivity index (χ0) is 31.1. The Balaban J connectivity index is 1.63. The molecule has 1 amide bonds. The number of nitriles is 1. The summed E-state index contributed by atoms with van der Waals surface area (Å²) in [6.07, 6.45) is 0.349. The van der Waals surface area contributed by atoms with Gasteiger partial charge in [-0.1, -0.05) is 62.2 Å². The lowest BCUT2D eigenvalue weighted by atomic mass is 9.62. The predicted octanol–water partition coefficient (Wildman–Crippen LogP) is 6.31. The summed E-state index contributed by atoms with van der Waals surface area (Å²) in [6, 6.07) is 15.3. The minimum atomic E-state index is -1.73. The molecule has 0 radical (unpaired) electrons. The summed E-state index contributed by atoms with van der Waals surface area (Å²) >= 11 is 12.3. The third kappa shape index (κ3) is 5.80. The van der Waals surface area contributed by atoms with Gasteiger partial charge in [-0.05, 0) is 59.9 Å². The molecule has 0 saturated carbocycles. The van der Waals surface area contributed by atoms with Crippen LogP contribution in [0.1, 0.15) is 44.2 Å². The second-order valence-electron chi connectivity index (χ2n) is 11.8. The molecule has 1 aromatic heterocycles. The van der Waals surface area contributed by atoms with Gasteiger partial charge in [0.2, 0.25) is 5.91 Å². The summed E-state index contributed by atoms with van der Waals surface area (Å²) in [5.74, 6) is -2.96. The Morgan fingerprint density at radius 3 is 2.44 bits per heavy atom. The van der Waals surface area contributed by atoms with E-state index in [0.717, 1.165) is 6.07 Å². The first-order chi connectivity index (χ1) is 20.3. The second-order valence-corrected chi connectivity index (χ2v) is 12.6. The first-order valence-corrected chi connectivity index (χ1v) is 14.2. The molecule has 4 atom stereocenters. The van der Waals surface area contributed by atoms with Gasteiger partial charge in [-0.3, -0.25) is 9.78 Å². The number of aromatic nitrogens is 3. The number of carbonyl (C=O) groups excluding carboxylic acids is 1. The van der Waals surface area contributed by atoms with E-state index < -0.39 is 46.6 Å². The first-order valence-electron chi connectivity index (χ1n) is 13.5. The monoisotopic (exact) mass is 624 g/mol. The molecule has 4 aromatic rings. The average Bonchev–Trinajstić information content (AvgIpc) is 3.51. The molecule has 2 heterocycles. The molecule has 222 valence electrons. The van der Waals surface area contributed by atoms with Crippen LogP contribution in [0.15, 0.2) is 65.5 Å². The number of H-pyrrole nitrogens is 2. The van der Waals surface area contributed by atoms with E-state index in [1.807, 2.05) is 20.8 Å². The molecule has 1 aliphatic heterocycles. The Kier molecular flexibility index (Phi) is 8.18. The van der Waals surface area contributed by atoms with Crippen molar-refractivity contribution in [2.24, 2.45) is 5.41 Å². The van der Waals surface area contributed by atoms with Crippen LogP contribution in [0, 0.1) is 28.4 Å². The number of hydrogen-bond donors (Lipinski definition) is 4. The quantitative estimate of drug-likeness (QED) is 0.200. The Labute approximate surface area is 256 Å². The highest BCUT2D eigenvalue weighted by Gasteiger charge is 2.61. The molecular formula is C31H28Cl2F2N6O2. The van der Waals surface area contributed by atoms with Crippen molar-refractivity contribution in [3.8, 4) is 17.5 Å². The van der Waals surface area contributed by atoms with Crippen molar-refractivity contribution in [1.82, 2.24) is 20.5 Å². The van der Waals surface area contributed by atoms with E-state index in [1.165, 1.54) is 30.3 Å². The Hall–Kier alpha value is -4.04. The van der Waals surface area contributed by atoms with Gasteiger partial charge < -0.3 is 10.6 Å². The predicted molar refractivity (Wildman–Crippen MR) is 161 cm³/mol. The van der Waals surface area contributed by atoms with Crippen LogP contribution in [-0.4, -0.2) is 33.2 Å². The van der Waals surface area contributed by atoms with Crippen LogP contribution in [0.25, 0.3) is 11.4 Å². The number of carbonyl (C=O) groups is 1. The van der Waals surface area contributed by atoms with Gasteiger partial charge in [-0.15, -0.1) is 0 Å². The lowest BCUT2D eigenvalue weighted by Gasteiger charge is -2.37. The van der Waals surface area contributed by atoms with Crippen LogP contribution in [0.4, 0.5) is 14.5 Å². The highest BCUT2D eigenvalue weighted by molar-refractivity contribution is 6.31. The van der Waals surface area contributed by atoms with Crippen molar-refractivity contribution in [1.29, 1.82) is 5.26 Å². The van der Waals surface area contributed by atoms with Gasteiger partial charge in [0, 0.05) is 33.8 Å². The van der Waals surface area contributed by atoms with Crippen molar-refractivity contribution in [2.45, 2.75) is 50.6 Å². The van der Waals surface area contributed by atoms with Crippen molar-refractivity contribution < 1.29 is 13.6 Å². The number of halogens is 4. The van der Waals surface area contributed by atoms with E-state index in [1.54, 1.807) is 24.3 Å². The van der Waals surface area contributed by atoms with Crippen LogP contribution < -0.4 is 16.3 Å². The molecule has 5 rings (SSSR count). The fourth-order valence-corrected chi connectivity index (χ4v) is 6.24. The van der Waals surface area contributed by atoms with Crippen LogP contribution >= 0.6 is 23.2 Å². The standard InChI is InChI=1S/C31H28Cl2F2N6O2/c1-30(2,3)14-23-31(15-36,20-12-9-17(32)13-22(20)34)24(19-5-4-6-21(33)25(19)35)26(38-23)28(42)37-18-10-7-16(8-11-18)27-39-29(43)41-40-27/h4-13,23-24,26,38H,14H2,1-3H3,(H,37,42)(H2,39,40,41,43)/t23-,24-,26+,31-/m0/s1. The SMILES string of the molecule is CC(C)(C)C[C@@H]1N[C@@H](C(=O)Nc2ccc(-c3n[nH]c(=O)[nH]3)cc2)[C@H](c2cccc(Cl)c2F)[C@@]1(C#N)c1ccc(Cl)cc1F. The zero-order valence-corrected chi connectivity index (χ0v) is 24.9. The fourth-order valence-electron chi connectivity index (χ4n) is 5.90. The van der Waals surface area contributed by atoms with E-state index >= 15 is 8.78 Å². The number of nitrogens with one attached hydrogen (secondary N) is 4. The molecule has 3 aromatic carbocycles. The van der Waals surface area contributed by atoms with Gasteiger partial charge in [0.1, 0.15) is 17.0 Å². The van der Waals surface area contributed by atoms with E-state index in [-0.39, 0.29) is 26.6 Å². The summed E-state index contributed by atoms with van der Waals surface area (Å²) < 4.78 is 31.6. The van der Waals surface area contributed by atoms with Crippen molar-refractivity contribution in [3.05, 3.63) is 104 Å². The molecule has 4 N–H and O–H groups in total. The van der Waals surface area contributed by atoms with Gasteiger partial charge >= 0.3 is 5.69 Å². The molecule has 43 heavy (non-hydrogen) atoms. The summed E-state index contributed by atoms with van der Waals surface area (Å²) in [5.41, 5.74) is -1.55. The summed E-state index contributed by atoms with van der Waals surface area (Å²) in [4.78, 5) is 28.0. The molecule has 12 heteroatoms. The smallest absolute Gasteiger partial charge is 0.325 e. The number of benzene rings is 3. The molecule has 1 aliphatic rings. The van der Waals surface area contributed by atoms with Crippen LogP contribution in [0.5, 0.6) is 0 Å². The molecule has 0 spiro atoms. The second kappa shape index (κ2) is 11.6. The molecular weight excluding hydrogens is 597 g/mol. The zero-order valence-electron chi connectivity index (χ0n) is 23.4. The number of nitrogens with zero attached hydrogens (tertiary/aromatic N) is 2. The largest absolute Gasteiger partial charge is 0.340 e. The molecule has 1 saturated heterocycles. The fraction of sp³-hybridized carbons (Fsp3) is 0.290. The summed E-state index contributed by atoms with van der Waals surface area (Å²) in [5, 5.41) is 23.2. The third-order valence-electron chi connectivity index (χ3n) is 7.66. The van der Waals surface area contributed by atoms with Crippen LogP contribution in [-0.2, 0) is 10.2 Å². The number of anilines is 1. The molecule has 1 fully saturated rings. The highest BCUT2D eigenvalue weighted by Crippen LogP contribution is 2.52. The number of amides is 1. The lowest BCUT2D eigenvalue weighted by molar-refractivity contribution is -0.118. The normalized spacial score (nSPS) is 21.9. The molecule has 8 nitrogen and oxygen atoms in total. The van der Waals surface area contributed by atoms with E-state index in [4.69, 9.17) is 23.2 Å². The lowest BCUT2D eigenvalue weighted by Crippen LogP contribution is -2.45. The molecule has 0 aliphatic carbocycles. The Morgan fingerprint density at radius 1 is 1.12 bits per heavy atom. The minimum Gasteiger partial charge on any atom is -0.325 e. The molecule has 0 bridgehead atoms. The van der Waals surface area contributed by atoms with Crippen molar-refractivity contribution in [2.75, 3.05) is 5.32 Å². The van der Waals surface area contributed by atoms with Crippen LogP contribution in [0.3, 0.4) is 0 Å². The highest BCUT2D eigenvalue weighted by atomic mass is 35.5. The third-order valence-corrected chi connectivity index (χ3v) is 8.19. The van der Waals surface area contributed by atoms with Gasteiger partial charge in [0.25, 0.3) is 0 Å². The summed E-state index contributed by atoms with van der Waals surface area (Å²) in [6.45, 7) is 5.89. The van der Waals surface area contributed by atoms with Crippen LogP contribution in [0.2, 0.25) is 10.0 Å². The number of rotatable bonds is 6. The van der Waals surface area contributed by atoms with Crippen molar-refractivity contribution in [3.63, 3.8) is 0 Å². The first kappa shape index (κ1) is 30.4. The van der Waals surface area contributed by atoms with Gasteiger partial charge in [0.05, 0.1) is 17.1 Å². The number of aromatic amines is 2. The number of hydrogen-bond acceptors (Lipinski definition) is 5. The topological polar surface area (TPSA) is 126 Å². The van der Waals surface area contributed by atoms with E-state index in [9.17, 15) is 14.9 Å². The maximum atomic E-state index is 15.8. The maximum Gasteiger partial charge on any atom is 0.340 e. The molecule has 0 unspecified atom stereocenters. The van der Waals surface area contributed by atoms with Gasteiger partial charge in [-0.25, -0.2) is 18.7 Å². The average molecular weight is 626 g/mol. The van der Waals surface area contributed by atoms with E-state index in [2.05, 4.69) is 31.9 Å². The minimum absolute atomic E-state index is 0.00169. The van der Waals surface area contributed by atoms with Gasteiger partial charge in [-0.2, -0.15) is 10.4 Å². The van der Waals surface area contributed by atoms with Crippen molar-refractivity contribution >= 4 is 34.8 Å². The maximum absolute atomic E-state index is 15.8. The van der Waals surface area contributed by atoms with Gasteiger partial charge in [0.15, 0.2) is 5.82 Å².